The average molecular weight is 363 g/mol. The van der Waals surface area contributed by atoms with Crippen molar-refractivity contribution in [3.8, 4) is 0 Å². The molecule has 0 aromatic heterocycles. The van der Waals surface area contributed by atoms with Gasteiger partial charge in [-0.1, -0.05) is 50.8 Å². The zero-order chi connectivity index (χ0) is 19.4. The number of methoxy groups -OCH3 is 1. The van der Waals surface area contributed by atoms with Crippen molar-refractivity contribution in [2.45, 2.75) is 77.4 Å². The number of carbonyl (C=O) groups excluding carboxylic acids is 1. The fourth-order valence-electron chi connectivity index (χ4n) is 3.16. The van der Waals surface area contributed by atoms with Crippen molar-refractivity contribution in [2.75, 3.05) is 7.11 Å². The SMILES string of the molecule is CCCCCC/C=C/C1=C(CC=C=CCC(O)(O)C(=O)OC)[C@@H](C)CC1. The summed E-state index contributed by atoms with van der Waals surface area (Å²) in [6.45, 7) is 4.48. The van der Waals surface area contributed by atoms with Crippen molar-refractivity contribution in [1.82, 2.24) is 0 Å². The molecule has 0 fully saturated rings. The number of ether oxygens (including phenoxy) is 1. The van der Waals surface area contributed by atoms with Crippen LogP contribution in [0.4, 0.5) is 0 Å². The molecule has 0 bridgehead atoms. The highest BCUT2D eigenvalue weighted by Crippen LogP contribution is 2.34. The Bertz CT molecular complexity index is 563. The van der Waals surface area contributed by atoms with Crippen LogP contribution in [0.15, 0.2) is 41.2 Å². The van der Waals surface area contributed by atoms with Crippen LogP contribution in [-0.2, 0) is 9.53 Å². The van der Waals surface area contributed by atoms with E-state index in [9.17, 15) is 15.0 Å². The predicted octanol–water partition coefficient (Wildman–Crippen LogP) is 4.58. The van der Waals surface area contributed by atoms with Crippen LogP contribution in [0.5, 0.6) is 0 Å². The molecule has 26 heavy (non-hydrogen) atoms. The Morgan fingerprint density at radius 2 is 2.08 bits per heavy atom. The van der Waals surface area contributed by atoms with E-state index in [-0.39, 0.29) is 6.42 Å². The molecular weight excluding hydrogens is 328 g/mol. The molecule has 0 radical (unpaired) electrons. The second-order valence-electron chi connectivity index (χ2n) is 7.03. The molecule has 0 amide bonds. The molecule has 1 aliphatic carbocycles. The van der Waals surface area contributed by atoms with Crippen LogP contribution in [0.25, 0.3) is 0 Å². The van der Waals surface area contributed by atoms with E-state index in [2.05, 4.69) is 36.5 Å². The Hall–Kier alpha value is -1.61. The van der Waals surface area contributed by atoms with Gasteiger partial charge in [-0.15, -0.1) is 5.73 Å². The van der Waals surface area contributed by atoms with Gasteiger partial charge in [0.15, 0.2) is 0 Å². The number of carbonyl (C=O) groups is 1. The number of unbranched alkanes of at least 4 members (excludes halogenated alkanes) is 4. The van der Waals surface area contributed by atoms with Gasteiger partial charge in [0.25, 0.3) is 5.79 Å². The van der Waals surface area contributed by atoms with E-state index in [1.54, 1.807) is 0 Å². The number of hydrogen-bond acceptors (Lipinski definition) is 4. The summed E-state index contributed by atoms with van der Waals surface area (Å²) in [5.41, 5.74) is 5.81. The fourth-order valence-corrected chi connectivity index (χ4v) is 3.16. The first kappa shape index (κ1) is 22.4. The van der Waals surface area contributed by atoms with Crippen LogP contribution >= 0.6 is 0 Å². The van der Waals surface area contributed by atoms with Crippen molar-refractivity contribution in [2.24, 2.45) is 5.92 Å². The molecule has 0 aromatic rings. The molecule has 1 rings (SSSR count). The molecule has 0 saturated heterocycles. The van der Waals surface area contributed by atoms with Crippen LogP contribution in [-0.4, -0.2) is 29.1 Å². The van der Waals surface area contributed by atoms with Crippen molar-refractivity contribution in [1.29, 1.82) is 0 Å². The number of esters is 1. The Kier molecular flexibility index (Phi) is 10.3. The van der Waals surface area contributed by atoms with Gasteiger partial charge in [0.2, 0.25) is 0 Å². The second-order valence-corrected chi connectivity index (χ2v) is 7.03. The molecule has 1 aliphatic rings. The Labute approximate surface area is 158 Å². The van der Waals surface area contributed by atoms with E-state index in [4.69, 9.17) is 0 Å². The molecule has 4 heteroatoms. The van der Waals surface area contributed by atoms with Gasteiger partial charge < -0.3 is 14.9 Å². The lowest BCUT2D eigenvalue weighted by Gasteiger charge is -2.15. The van der Waals surface area contributed by atoms with Crippen LogP contribution in [0.1, 0.15) is 71.6 Å². The van der Waals surface area contributed by atoms with E-state index in [0.29, 0.717) is 5.92 Å². The van der Waals surface area contributed by atoms with E-state index < -0.39 is 11.8 Å². The molecule has 0 aliphatic heterocycles. The topological polar surface area (TPSA) is 66.8 Å². The molecular formula is C22H34O4. The Balaban J connectivity index is 2.57. The minimum Gasteiger partial charge on any atom is -0.465 e. The lowest BCUT2D eigenvalue weighted by Crippen LogP contribution is -2.38. The van der Waals surface area contributed by atoms with Crippen LogP contribution < -0.4 is 0 Å². The lowest BCUT2D eigenvalue weighted by atomic mass is 9.99. The van der Waals surface area contributed by atoms with Gasteiger partial charge in [-0.2, -0.15) is 0 Å². The summed E-state index contributed by atoms with van der Waals surface area (Å²) in [6, 6.07) is 0. The minimum absolute atomic E-state index is 0.241. The van der Waals surface area contributed by atoms with E-state index >= 15 is 0 Å². The average Bonchev–Trinajstić information content (AvgIpc) is 2.97. The maximum Gasteiger partial charge on any atom is 0.366 e. The first-order valence-electron chi connectivity index (χ1n) is 9.73. The second kappa shape index (κ2) is 11.9. The summed E-state index contributed by atoms with van der Waals surface area (Å²) < 4.78 is 4.34. The van der Waals surface area contributed by atoms with E-state index in [0.717, 1.165) is 26.4 Å². The van der Waals surface area contributed by atoms with E-state index in [1.807, 2.05) is 6.08 Å². The molecule has 2 N–H and O–H groups in total. The number of allylic oxidation sites excluding steroid dienone is 4. The maximum atomic E-state index is 11.2. The quantitative estimate of drug-likeness (QED) is 0.244. The highest BCUT2D eigenvalue weighted by atomic mass is 16.6. The van der Waals surface area contributed by atoms with Crippen LogP contribution in [0.3, 0.4) is 0 Å². The maximum absolute atomic E-state index is 11.2. The third kappa shape index (κ3) is 7.74. The lowest BCUT2D eigenvalue weighted by molar-refractivity contribution is -0.205. The first-order chi connectivity index (χ1) is 12.4. The minimum atomic E-state index is -2.48. The monoisotopic (exact) mass is 362 g/mol. The fraction of sp³-hybridized carbons (Fsp3) is 0.636. The molecule has 0 aromatic carbocycles. The van der Waals surface area contributed by atoms with Gasteiger partial charge in [0.1, 0.15) is 0 Å². The third-order valence-corrected chi connectivity index (χ3v) is 4.85. The normalized spacial score (nSPS) is 17.5. The summed E-state index contributed by atoms with van der Waals surface area (Å²) in [5, 5.41) is 19.1. The molecule has 1 atom stereocenters. The standard InChI is InChI=1S/C22H34O4/c1-4-5-6-7-8-10-13-19-16-15-18(2)20(19)14-11-9-12-17-22(24,25)21(23)26-3/h10-13,18,24-25H,4-8,14-17H2,1-3H3/b13-10+/t9?,18-/m0/s1. The summed E-state index contributed by atoms with van der Waals surface area (Å²) in [5.74, 6) is -2.98. The van der Waals surface area contributed by atoms with Gasteiger partial charge in [-0.3, -0.25) is 0 Å². The smallest absolute Gasteiger partial charge is 0.366 e. The summed E-state index contributed by atoms with van der Waals surface area (Å²) >= 11 is 0. The van der Waals surface area contributed by atoms with Gasteiger partial charge in [-0.05, 0) is 55.7 Å². The van der Waals surface area contributed by atoms with Crippen LogP contribution in [0, 0.1) is 5.92 Å². The first-order valence-corrected chi connectivity index (χ1v) is 9.73. The molecule has 0 spiro atoms. The van der Waals surface area contributed by atoms with E-state index in [1.165, 1.54) is 49.3 Å². The zero-order valence-electron chi connectivity index (χ0n) is 16.5. The molecule has 0 unspecified atom stereocenters. The largest absolute Gasteiger partial charge is 0.465 e. The highest BCUT2D eigenvalue weighted by molar-refractivity contribution is 5.77. The van der Waals surface area contributed by atoms with Crippen molar-refractivity contribution >= 4 is 5.97 Å². The van der Waals surface area contributed by atoms with Gasteiger partial charge in [0, 0.05) is 6.42 Å². The predicted molar refractivity (Wildman–Crippen MR) is 104 cm³/mol. The summed E-state index contributed by atoms with van der Waals surface area (Å²) in [6.07, 6.45) is 17.1. The molecule has 146 valence electrons. The van der Waals surface area contributed by atoms with Gasteiger partial charge >= 0.3 is 5.97 Å². The van der Waals surface area contributed by atoms with Gasteiger partial charge in [0.05, 0.1) is 7.11 Å². The Morgan fingerprint density at radius 3 is 2.77 bits per heavy atom. The van der Waals surface area contributed by atoms with Crippen LogP contribution in [0.2, 0.25) is 0 Å². The number of hydrogen-bond donors (Lipinski definition) is 2. The highest BCUT2D eigenvalue weighted by Gasteiger charge is 2.32. The zero-order valence-corrected chi connectivity index (χ0v) is 16.5. The Morgan fingerprint density at radius 1 is 1.31 bits per heavy atom. The molecule has 4 nitrogen and oxygen atoms in total. The number of rotatable bonds is 11. The van der Waals surface area contributed by atoms with Gasteiger partial charge in [-0.25, -0.2) is 4.79 Å². The van der Waals surface area contributed by atoms with Crippen molar-refractivity contribution in [3.63, 3.8) is 0 Å². The van der Waals surface area contributed by atoms with Crippen molar-refractivity contribution < 1.29 is 19.7 Å². The van der Waals surface area contributed by atoms with Crippen molar-refractivity contribution in [3.05, 3.63) is 41.2 Å². The summed E-state index contributed by atoms with van der Waals surface area (Å²) in [4.78, 5) is 11.2. The third-order valence-electron chi connectivity index (χ3n) is 4.85. The summed E-state index contributed by atoms with van der Waals surface area (Å²) in [7, 11) is 1.12. The number of aliphatic hydroxyl groups is 2. The molecule has 0 heterocycles. The molecule has 0 saturated carbocycles.